The van der Waals surface area contributed by atoms with E-state index in [0.29, 0.717) is 15.7 Å². The Labute approximate surface area is 145 Å². The van der Waals surface area contributed by atoms with Gasteiger partial charge in [-0.25, -0.2) is 4.98 Å². The van der Waals surface area contributed by atoms with E-state index >= 15 is 0 Å². The Morgan fingerprint density at radius 1 is 1.12 bits per heavy atom. The molecule has 0 fully saturated rings. The molecule has 0 atom stereocenters. The van der Waals surface area contributed by atoms with Crippen LogP contribution in [0.4, 0.5) is 5.13 Å². The Hall–Kier alpha value is -2.64. The lowest BCUT2D eigenvalue weighted by molar-refractivity contribution is 0.103. The molecule has 1 amide bonds. The van der Waals surface area contributed by atoms with E-state index in [1.165, 1.54) is 27.7 Å². The molecule has 2 aromatic carbocycles. The van der Waals surface area contributed by atoms with Crippen LogP contribution < -0.4 is 5.32 Å². The second kappa shape index (κ2) is 4.93. The minimum Gasteiger partial charge on any atom is -0.297 e. The molecule has 2 heterocycles. The molecule has 0 aliphatic heterocycles. The first kappa shape index (κ1) is 13.8. The maximum atomic E-state index is 12.3. The Kier molecular flexibility index (Phi) is 2.83. The predicted octanol–water partition coefficient (Wildman–Crippen LogP) is 4.36. The van der Waals surface area contributed by atoms with Crippen molar-refractivity contribution in [2.24, 2.45) is 0 Å². The number of fused-ring (bicyclic) bond motifs is 3. The zero-order valence-corrected chi connectivity index (χ0v) is 14.2. The van der Waals surface area contributed by atoms with Gasteiger partial charge in [0, 0.05) is 11.1 Å². The van der Waals surface area contributed by atoms with Gasteiger partial charge in [0.05, 0.1) is 16.3 Å². The number of carbonyl (C=O) groups excluding carboxylic acids is 1. The normalized spacial score (nSPS) is 11.7. The van der Waals surface area contributed by atoms with Crippen LogP contribution in [0.25, 0.3) is 32.5 Å². The molecule has 7 heteroatoms. The number of hydrogen-bond donors (Lipinski definition) is 1. The molecule has 1 aliphatic rings. The summed E-state index contributed by atoms with van der Waals surface area (Å²) in [6.45, 7) is 1.77. The number of rotatable bonds is 2. The molecule has 1 N–H and O–H groups in total. The van der Waals surface area contributed by atoms with Gasteiger partial charge in [0.25, 0.3) is 5.91 Å². The predicted molar refractivity (Wildman–Crippen MR) is 96.6 cm³/mol. The van der Waals surface area contributed by atoms with Gasteiger partial charge in [0.15, 0.2) is 5.13 Å². The van der Waals surface area contributed by atoms with Crippen LogP contribution in [0, 0.1) is 6.92 Å². The number of hydrogen-bond acceptors (Lipinski definition) is 6. The van der Waals surface area contributed by atoms with Gasteiger partial charge in [0.1, 0.15) is 4.88 Å². The Bertz CT molecular complexity index is 1070. The van der Waals surface area contributed by atoms with Crippen LogP contribution >= 0.6 is 22.9 Å². The number of thiazole rings is 1. The number of benzene rings is 2. The summed E-state index contributed by atoms with van der Waals surface area (Å²) in [5, 5.41) is 9.81. The minimum absolute atomic E-state index is 0.207. The van der Waals surface area contributed by atoms with Crippen LogP contribution in [0.3, 0.4) is 0 Å². The lowest BCUT2D eigenvalue weighted by Crippen LogP contribution is -2.11. The van der Waals surface area contributed by atoms with Crippen molar-refractivity contribution in [3.8, 4) is 21.7 Å². The first-order valence-electron chi connectivity index (χ1n) is 7.36. The SMILES string of the molecule is Cc1nnsc1C(=O)Nc1nc2c(s1)-c1cccc3cccc-2c13. The topological polar surface area (TPSA) is 67.8 Å². The maximum Gasteiger partial charge on any atom is 0.271 e. The number of nitrogens with one attached hydrogen (secondary N) is 1. The molecule has 2 aromatic heterocycles. The zero-order valence-electron chi connectivity index (χ0n) is 12.5. The van der Waals surface area contributed by atoms with Gasteiger partial charge < -0.3 is 0 Å². The van der Waals surface area contributed by atoms with Crippen LogP contribution in [0.5, 0.6) is 0 Å². The molecular weight excluding hydrogens is 340 g/mol. The number of aryl methyl sites for hydroxylation is 1. The van der Waals surface area contributed by atoms with Gasteiger partial charge in [0.2, 0.25) is 0 Å². The third-order valence-electron chi connectivity index (χ3n) is 4.11. The quantitative estimate of drug-likeness (QED) is 0.514. The first-order chi connectivity index (χ1) is 11.7. The van der Waals surface area contributed by atoms with E-state index in [1.807, 2.05) is 6.07 Å². The van der Waals surface area contributed by atoms with Gasteiger partial charge in [-0.15, -0.1) is 5.10 Å². The lowest BCUT2D eigenvalue weighted by atomic mass is 10.0. The Balaban J connectivity index is 1.57. The van der Waals surface area contributed by atoms with Crippen molar-refractivity contribution < 1.29 is 4.79 Å². The number of anilines is 1. The number of carbonyl (C=O) groups is 1. The third-order valence-corrected chi connectivity index (χ3v) is 5.94. The van der Waals surface area contributed by atoms with E-state index in [9.17, 15) is 4.79 Å². The fraction of sp³-hybridized carbons (Fsp3) is 0.0588. The molecule has 116 valence electrons. The van der Waals surface area contributed by atoms with E-state index in [1.54, 1.807) is 6.92 Å². The van der Waals surface area contributed by atoms with Crippen LogP contribution in [-0.2, 0) is 0 Å². The zero-order chi connectivity index (χ0) is 16.3. The molecule has 0 saturated carbocycles. The summed E-state index contributed by atoms with van der Waals surface area (Å²) < 4.78 is 3.80. The Morgan fingerprint density at radius 2 is 1.92 bits per heavy atom. The van der Waals surface area contributed by atoms with Crippen molar-refractivity contribution in [1.29, 1.82) is 0 Å². The molecular formula is C17H10N4OS2. The molecule has 0 bridgehead atoms. The van der Waals surface area contributed by atoms with Crippen molar-refractivity contribution in [3.63, 3.8) is 0 Å². The minimum atomic E-state index is -0.207. The van der Waals surface area contributed by atoms with Crippen molar-refractivity contribution in [1.82, 2.24) is 14.6 Å². The highest BCUT2D eigenvalue weighted by molar-refractivity contribution is 7.20. The molecule has 0 radical (unpaired) electrons. The van der Waals surface area contributed by atoms with E-state index < -0.39 is 0 Å². The standard InChI is InChI=1S/C17H10N4OS2/c1-8-14(24-21-20-8)16(22)19-17-18-13-10-6-2-4-9-5-3-7-11(12(9)10)15(13)23-17/h2-7H,1H3,(H,18,19,22). The fourth-order valence-electron chi connectivity index (χ4n) is 3.06. The van der Waals surface area contributed by atoms with E-state index in [2.05, 4.69) is 50.2 Å². The molecule has 0 spiro atoms. The van der Waals surface area contributed by atoms with E-state index in [4.69, 9.17) is 0 Å². The summed E-state index contributed by atoms with van der Waals surface area (Å²) in [6, 6.07) is 12.5. The highest BCUT2D eigenvalue weighted by Crippen LogP contribution is 2.50. The molecule has 24 heavy (non-hydrogen) atoms. The highest BCUT2D eigenvalue weighted by atomic mass is 32.1. The number of aromatic nitrogens is 3. The maximum absolute atomic E-state index is 12.3. The first-order valence-corrected chi connectivity index (χ1v) is 8.95. The van der Waals surface area contributed by atoms with Crippen LogP contribution in [-0.4, -0.2) is 20.5 Å². The molecule has 0 saturated heterocycles. The second-order valence-corrected chi connectivity index (χ2v) is 7.30. The average molecular weight is 350 g/mol. The highest BCUT2D eigenvalue weighted by Gasteiger charge is 2.26. The smallest absolute Gasteiger partial charge is 0.271 e. The van der Waals surface area contributed by atoms with E-state index in [0.717, 1.165) is 27.7 Å². The second-order valence-electron chi connectivity index (χ2n) is 5.55. The van der Waals surface area contributed by atoms with Gasteiger partial charge in [-0.2, -0.15) is 0 Å². The van der Waals surface area contributed by atoms with Gasteiger partial charge in [-0.1, -0.05) is 52.2 Å². The van der Waals surface area contributed by atoms with Crippen LogP contribution in [0.15, 0.2) is 36.4 Å². The number of nitrogens with zero attached hydrogens (tertiary/aromatic N) is 3. The summed E-state index contributed by atoms with van der Waals surface area (Å²) in [5.41, 5.74) is 3.90. The van der Waals surface area contributed by atoms with Gasteiger partial charge in [-0.3, -0.25) is 10.1 Å². The van der Waals surface area contributed by atoms with Crippen LogP contribution in [0.2, 0.25) is 0 Å². The van der Waals surface area contributed by atoms with Crippen molar-refractivity contribution in [2.75, 3.05) is 5.32 Å². The molecule has 5 nitrogen and oxygen atoms in total. The third kappa shape index (κ3) is 1.85. The molecule has 1 aliphatic carbocycles. The van der Waals surface area contributed by atoms with E-state index in [-0.39, 0.29) is 5.91 Å². The lowest BCUT2D eigenvalue weighted by Gasteiger charge is -2.02. The Morgan fingerprint density at radius 3 is 2.67 bits per heavy atom. The summed E-state index contributed by atoms with van der Waals surface area (Å²) in [6.07, 6.45) is 0. The van der Waals surface area contributed by atoms with Crippen LogP contribution in [0.1, 0.15) is 15.4 Å². The van der Waals surface area contributed by atoms with Gasteiger partial charge >= 0.3 is 0 Å². The fourth-order valence-corrected chi connectivity index (χ4v) is 4.62. The summed E-state index contributed by atoms with van der Waals surface area (Å²) in [5.74, 6) is -0.207. The van der Waals surface area contributed by atoms with Crippen molar-refractivity contribution >= 4 is 44.7 Å². The molecule has 4 aromatic rings. The average Bonchev–Trinajstić information content (AvgIpc) is 3.25. The number of amides is 1. The monoisotopic (exact) mass is 350 g/mol. The summed E-state index contributed by atoms with van der Waals surface area (Å²) >= 11 is 2.60. The summed E-state index contributed by atoms with van der Waals surface area (Å²) in [4.78, 5) is 18.6. The summed E-state index contributed by atoms with van der Waals surface area (Å²) in [7, 11) is 0. The molecule has 5 rings (SSSR count). The largest absolute Gasteiger partial charge is 0.297 e. The molecule has 0 unspecified atom stereocenters. The van der Waals surface area contributed by atoms with Gasteiger partial charge in [-0.05, 0) is 29.2 Å². The van der Waals surface area contributed by atoms with Crippen molar-refractivity contribution in [3.05, 3.63) is 47.0 Å². The van der Waals surface area contributed by atoms with Crippen molar-refractivity contribution in [2.45, 2.75) is 6.92 Å².